The summed E-state index contributed by atoms with van der Waals surface area (Å²) in [5, 5.41) is 3.74. The maximum Gasteiger partial charge on any atom is 0.129 e. The first-order chi connectivity index (χ1) is 6.65. The van der Waals surface area contributed by atoms with Crippen LogP contribution in [0, 0.1) is 6.92 Å². The smallest absolute Gasteiger partial charge is 0.129 e. The number of hydrogen-bond donors (Lipinski definition) is 1. The standard InChI is InChI=1S/C10H12BrClN2/c1-6-2-7(11)5-13-10(6)14-9-3-8(12)4-9/h2,5,8-9H,3-4H2,1H3,(H,13,14). The molecule has 2 rings (SSSR count). The molecule has 0 aliphatic heterocycles. The lowest BCUT2D eigenvalue weighted by atomic mass is 9.92. The molecule has 4 heteroatoms. The second-order valence-corrected chi connectivity index (χ2v) is 5.26. The summed E-state index contributed by atoms with van der Waals surface area (Å²) in [7, 11) is 0. The van der Waals surface area contributed by atoms with Gasteiger partial charge in [0.1, 0.15) is 5.82 Å². The third-order valence-corrected chi connectivity index (χ3v) is 3.26. The van der Waals surface area contributed by atoms with Gasteiger partial charge >= 0.3 is 0 Å². The fourth-order valence-corrected chi connectivity index (χ4v) is 2.43. The van der Waals surface area contributed by atoms with Crippen LogP contribution in [-0.4, -0.2) is 16.4 Å². The molecule has 1 aromatic heterocycles. The molecule has 1 aliphatic carbocycles. The Bertz CT molecular complexity index is 337. The van der Waals surface area contributed by atoms with E-state index in [4.69, 9.17) is 11.6 Å². The highest BCUT2D eigenvalue weighted by Crippen LogP contribution is 2.29. The molecule has 14 heavy (non-hydrogen) atoms. The average molecular weight is 276 g/mol. The molecule has 0 bridgehead atoms. The highest BCUT2D eigenvalue weighted by molar-refractivity contribution is 9.10. The van der Waals surface area contributed by atoms with Crippen molar-refractivity contribution in [2.24, 2.45) is 0 Å². The van der Waals surface area contributed by atoms with Crippen molar-refractivity contribution in [3.63, 3.8) is 0 Å². The van der Waals surface area contributed by atoms with E-state index in [1.54, 1.807) is 0 Å². The number of nitrogens with zero attached hydrogens (tertiary/aromatic N) is 1. The van der Waals surface area contributed by atoms with Crippen molar-refractivity contribution in [2.45, 2.75) is 31.2 Å². The highest BCUT2D eigenvalue weighted by atomic mass is 79.9. The maximum absolute atomic E-state index is 5.91. The van der Waals surface area contributed by atoms with Crippen LogP contribution in [0.5, 0.6) is 0 Å². The molecule has 0 saturated heterocycles. The summed E-state index contributed by atoms with van der Waals surface area (Å²) in [6, 6.07) is 2.57. The molecule has 0 radical (unpaired) electrons. The summed E-state index contributed by atoms with van der Waals surface area (Å²) in [6.07, 6.45) is 3.89. The molecule has 0 aromatic carbocycles. The van der Waals surface area contributed by atoms with E-state index in [1.807, 2.05) is 6.20 Å². The number of aromatic nitrogens is 1. The number of aryl methyl sites for hydroxylation is 1. The van der Waals surface area contributed by atoms with Gasteiger partial charge in [-0.25, -0.2) is 4.98 Å². The van der Waals surface area contributed by atoms with Gasteiger partial charge < -0.3 is 5.32 Å². The predicted octanol–water partition coefficient (Wildman–Crippen LogP) is 3.33. The summed E-state index contributed by atoms with van der Waals surface area (Å²) < 4.78 is 1.02. The summed E-state index contributed by atoms with van der Waals surface area (Å²) in [5.74, 6) is 0.974. The average Bonchev–Trinajstić information content (AvgIpc) is 2.06. The van der Waals surface area contributed by atoms with Gasteiger partial charge in [0.25, 0.3) is 0 Å². The fourth-order valence-electron chi connectivity index (χ4n) is 1.55. The van der Waals surface area contributed by atoms with Crippen LogP contribution in [0.25, 0.3) is 0 Å². The number of alkyl halides is 1. The lowest BCUT2D eigenvalue weighted by Gasteiger charge is -2.32. The molecular weight excluding hydrogens is 263 g/mol. The molecule has 0 atom stereocenters. The summed E-state index contributed by atoms with van der Waals surface area (Å²) >= 11 is 9.30. The first-order valence-corrected chi connectivity index (χ1v) is 5.91. The Morgan fingerprint density at radius 2 is 2.29 bits per heavy atom. The minimum Gasteiger partial charge on any atom is -0.367 e. The third kappa shape index (κ3) is 2.20. The molecule has 1 N–H and O–H groups in total. The molecule has 1 heterocycles. The van der Waals surface area contributed by atoms with Crippen LogP contribution in [0.15, 0.2) is 16.7 Å². The Morgan fingerprint density at radius 1 is 1.57 bits per heavy atom. The normalized spacial score (nSPS) is 25.6. The Morgan fingerprint density at radius 3 is 2.86 bits per heavy atom. The van der Waals surface area contributed by atoms with E-state index in [1.165, 1.54) is 0 Å². The van der Waals surface area contributed by atoms with Gasteiger partial charge in [-0.05, 0) is 47.3 Å². The van der Waals surface area contributed by atoms with Crippen LogP contribution in [0.1, 0.15) is 18.4 Å². The van der Waals surface area contributed by atoms with Crippen LogP contribution in [0.3, 0.4) is 0 Å². The topological polar surface area (TPSA) is 24.9 Å². The third-order valence-electron chi connectivity index (χ3n) is 2.47. The lowest BCUT2D eigenvalue weighted by Crippen LogP contribution is -2.36. The van der Waals surface area contributed by atoms with Crippen molar-refractivity contribution < 1.29 is 0 Å². The number of pyridine rings is 1. The summed E-state index contributed by atoms with van der Waals surface area (Å²) in [6.45, 7) is 2.05. The molecule has 0 spiro atoms. The lowest BCUT2D eigenvalue weighted by molar-refractivity contribution is 0.453. The second kappa shape index (κ2) is 4.07. The predicted molar refractivity (Wildman–Crippen MR) is 63.0 cm³/mol. The van der Waals surface area contributed by atoms with E-state index in [2.05, 4.69) is 39.2 Å². The largest absolute Gasteiger partial charge is 0.367 e. The Balaban J connectivity index is 2.02. The van der Waals surface area contributed by atoms with Crippen LogP contribution in [0.4, 0.5) is 5.82 Å². The number of hydrogen-bond acceptors (Lipinski definition) is 2. The van der Waals surface area contributed by atoms with Gasteiger partial charge in [-0.15, -0.1) is 11.6 Å². The molecule has 0 unspecified atom stereocenters. The summed E-state index contributed by atoms with van der Waals surface area (Å²) in [4.78, 5) is 4.32. The van der Waals surface area contributed by atoms with Crippen molar-refractivity contribution in [3.8, 4) is 0 Å². The van der Waals surface area contributed by atoms with Crippen molar-refractivity contribution in [1.29, 1.82) is 0 Å². The van der Waals surface area contributed by atoms with Crippen molar-refractivity contribution in [2.75, 3.05) is 5.32 Å². The molecule has 1 saturated carbocycles. The number of nitrogens with one attached hydrogen (secondary N) is 1. The molecule has 76 valence electrons. The second-order valence-electron chi connectivity index (χ2n) is 3.73. The maximum atomic E-state index is 5.91. The van der Waals surface area contributed by atoms with E-state index < -0.39 is 0 Å². The zero-order valence-electron chi connectivity index (χ0n) is 7.93. The monoisotopic (exact) mass is 274 g/mol. The molecule has 1 fully saturated rings. The zero-order valence-corrected chi connectivity index (χ0v) is 10.3. The van der Waals surface area contributed by atoms with Gasteiger partial charge in [-0.3, -0.25) is 0 Å². The molecule has 1 aliphatic rings. The number of rotatable bonds is 2. The molecule has 1 aromatic rings. The van der Waals surface area contributed by atoms with Crippen molar-refractivity contribution >= 4 is 33.3 Å². The van der Waals surface area contributed by atoms with Crippen LogP contribution in [0.2, 0.25) is 0 Å². The quantitative estimate of drug-likeness (QED) is 0.838. The van der Waals surface area contributed by atoms with Gasteiger partial charge in [0.15, 0.2) is 0 Å². The minimum atomic E-state index is 0.350. The van der Waals surface area contributed by atoms with Crippen LogP contribution < -0.4 is 5.32 Å². The molecular formula is C10H12BrClN2. The van der Waals surface area contributed by atoms with Gasteiger partial charge in [-0.2, -0.15) is 0 Å². The Hall–Kier alpha value is -0.280. The van der Waals surface area contributed by atoms with Gasteiger partial charge in [0, 0.05) is 22.1 Å². The van der Waals surface area contributed by atoms with E-state index in [9.17, 15) is 0 Å². The van der Waals surface area contributed by atoms with Crippen molar-refractivity contribution in [1.82, 2.24) is 4.98 Å². The summed E-state index contributed by atoms with van der Waals surface area (Å²) in [5.41, 5.74) is 1.16. The van der Waals surface area contributed by atoms with E-state index in [-0.39, 0.29) is 0 Å². The van der Waals surface area contributed by atoms with Crippen LogP contribution >= 0.6 is 27.5 Å². The first kappa shape index (κ1) is 10.2. The fraction of sp³-hybridized carbons (Fsp3) is 0.500. The highest BCUT2D eigenvalue weighted by Gasteiger charge is 2.27. The first-order valence-electron chi connectivity index (χ1n) is 4.68. The van der Waals surface area contributed by atoms with Crippen molar-refractivity contribution in [3.05, 3.63) is 22.3 Å². The number of anilines is 1. The molecule has 2 nitrogen and oxygen atoms in total. The van der Waals surface area contributed by atoms with E-state index in [0.29, 0.717) is 11.4 Å². The Kier molecular flexibility index (Phi) is 2.98. The van der Waals surface area contributed by atoms with Gasteiger partial charge in [0.05, 0.1) is 0 Å². The minimum absolute atomic E-state index is 0.350. The van der Waals surface area contributed by atoms with Gasteiger partial charge in [-0.1, -0.05) is 0 Å². The molecule has 0 amide bonds. The van der Waals surface area contributed by atoms with Crippen LogP contribution in [-0.2, 0) is 0 Å². The van der Waals surface area contributed by atoms with E-state index in [0.717, 1.165) is 28.7 Å². The van der Waals surface area contributed by atoms with Gasteiger partial charge in [0.2, 0.25) is 0 Å². The van der Waals surface area contributed by atoms with E-state index >= 15 is 0 Å². The number of halogens is 2. The zero-order chi connectivity index (χ0) is 10.1. The SMILES string of the molecule is Cc1cc(Br)cnc1NC1CC(Cl)C1. The Labute approximate surface area is 97.2 Å².